The Hall–Kier alpha value is -10.9. The summed E-state index contributed by atoms with van der Waals surface area (Å²) in [6, 6.07) is 0. The van der Waals surface area contributed by atoms with Gasteiger partial charge in [0.05, 0.1) is 26.4 Å². The summed E-state index contributed by atoms with van der Waals surface area (Å²) >= 11 is 5.11. The van der Waals surface area contributed by atoms with Crippen LogP contribution in [0.4, 0.5) is 28.8 Å². The number of likely N-dealkylation sites (tertiary alicyclic amines) is 5. The molecule has 0 saturated carbocycles. The van der Waals surface area contributed by atoms with E-state index in [1.165, 1.54) is 46.3 Å². The van der Waals surface area contributed by atoms with Crippen LogP contribution < -0.4 is 10.6 Å². The Bertz CT molecular complexity index is 4460. The smallest absolute Gasteiger partial charge is 0.478 e. The number of carboxylic acids is 1. The molecule has 6 saturated heterocycles. The topological polar surface area (TPSA) is 476 Å². The SMILES string of the molecule is CC(C)(C)C(=O)Cl.CC(C)(C)OC(=O)N1CCC(/C=C/C(=O)N2CCC=CC2=O)CC1.CC(C)(C)OC(=O)N1CCC(/C=C/C(=O)O)CC1.CC(C)(C)OC(=O)N1CCC(C=O)CC1.CC(C)(C)OC(=O)OC(=O)/C=C/C1CCN(C(=O)OC(C)(C)C)CC1.CCOC(=O)/C=C/C1CCN(C(=O)OC(C)(C)C)CC1.CCOC(=O)CP(=O)(OCC)OCC.O=C1C=CCCN1.O=C1C=CCCN1C(=O)/C=C/C1CCNCC1. The number of ether oxygens (including phenoxy) is 9. The fourth-order valence-corrected chi connectivity index (χ4v) is 15.3. The van der Waals surface area contributed by atoms with Gasteiger partial charge >= 0.3 is 68.1 Å². The summed E-state index contributed by atoms with van der Waals surface area (Å²) in [4.78, 5) is 204. The van der Waals surface area contributed by atoms with E-state index in [0.29, 0.717) is 103 Å². The van der Waals surface area contributed by atoms with Crippen LogP contribution in [0.5, 0.6) is 0 Å². The number of rotatable bonds is 19. The minimum atomic E-state index is -3.28. The largest absolute Gasteiger partial charge is 0.516 e. The van der Waals surface area contributed by atoms with E-state index in [0.717, 1.165) is 116 Å². The average Bonchev–Trinajstić information content (AvgIpc) is 1.29. The Balaban J connectivity index is 0.000000844. The lowest BCUT2D eigenvalue weighted by Gasteiger charge is -2.32. The number of nitrogens with zero attached hydrogens (tertiary/aromatic N) is 7. The van der Waals surface area contributed by atoms with Crippen LogP contribution in [0.15, 0.2) is 97.2 Å². The van der Waals surface area contributed by atoms with Gasteiger partial charge in [-0.3, -0.25) is 47.9 Å². The zero-order valence-electron chi connectivity index (χ0n) is 91.8. The van der Waals surface area contributed by atoms with E-state index in [-0.39, 0.29) is 126 Å². The molecule has 9 rings (SSSR count). The number of hydrogen-bond acceptors (Lipinski definition) is 30. The number of allylic oxidation sites excluding steroid dienone is 5. The molecule has 147 heavy (non-hydrogen) atoms. The normalized spacial score (nSPS) is 17.7. The van der Waals surface area contributed by atoms with E-state index in [2.05, 4.69) is 20.1 Å². The van der Waals surface area contributed by atoms with Crippen LogP contribution in [0.3, 0.4) is 0 Å². The monoisotopic (exact) mass is 2120 g/mol. The number of carbonyl (C=O) groups is 17. The van der Waals surface area contributed by atoms with Gasteiger partial charge in [-0.25, -0.2) is 43.2 Å². The molecule has 0 bridgehead atoms. The molecular formula is C106H171ClN9O30P. The summed E-state index contributed by atoms with van der Waals surface area (Å²) < 4.78 is 67.1. The predicted molar refractivity (Wildman–Crippen MR) is 557 cm³/mol. The summed E-state index contributed by atoms with van der Waals surface area (Å²) in [5.41, 5.74) is -3.47. The summed E-state index contributed by atoms with van der Waals surface area (Å²) in [6.45, 7) is 56.0. The van der Waals surface area contributed by atoms with E-state index in [9.17, 15) is 86.1 Å². The maximum absolute atomic E-state index is 12.1. The van der Waals surface area contributed by atoms with Crippen molar-refractivity contribution < 1.29 is 143 Å². The Morgan fingerprint density at radius 3 is 0.932 bits per heavy atom. The lowest BCUT2D eigenvalue weighted by molar-refractivity contribution is -0.141. The molecule has 9 heterocycles. The molecule has 0 atom stereocenters. The molecule has 9 aliphatic rings. The van der Waals surface area contributed by atoms with Gasteiger partial charge in [-0.05, 0) is 333 Å². The maximum Gasteiger partial charge on any atom is 0.516 e. The number of piperidine rings is 6. The number of aldehydes is 1. The summed E-state index contributed by atoms with van der Waals surface area (Å²) in [5, 5.41) is 14.2. The van der Waals surface area contributed by atoms with Gasteiger partial charge in [0.15, 0.2) is 0 Å². The number of imide groups is 2. The summed E-state index contributed by atoms with van der Waals surface area (Å²) in [7, 11) is -3.28. The van der Waals surface area contributed by atoms with Gasteiger partial charge in [0.2, 0.25) is 11.1 Å². The molecule has 0 aromatic heterocycles. The van der Waals surface area contributed by atoms with Crippen molar-refractivity contribution in [2.45, 2.75) is 303 Å². The fourth-order valence-electron chi connectivity index (χ4n) is 13.9. The first-order valence-corrected chi connectivity index (χ1v) is 53.0. The molecule has 0 spiro atoms. The van der Waals surface area contributed by atoms with Crippen LogP contribution in [0.1, 0.15) is 269 Å². The molecule has 6 fully saturated rings. The highest BCUT2D eigenvalue weighted by Gasteiger charge is 2.35. The molecule has 0 aliphatic carbocycles. The third kappa shape index (κ3) is 65.5. The molecule has 9 aliphatic heterocycles. The molecule has 10 amide bonds. The number of aliphatic carboxylic acids is 1. The first-order chi connectivity index (χ1) is 68.3. The van der Waals surface area contributed by atoms with Crippen molar-refractivity contribution in [1.82, 2.24) is 44.9 Å². The predicted octanol–water partition coefficient (Wildman–Crippen LogP) is 17.6. The summed E-state index contributed by atoms with van der Waals surface area (Å²) in [5.74, 6) is -1.90. The lowest BCUT2D eigenvalue weighted by atomic mass is 9.96. The van der Waals surface area contributed by atoms with Crippen molar-refractivity contribution in [3.05, 3.63) is 97.2 Å². The first-order valence-electron chi connectivity index (χ1n) is 50.8. The van der Waals surface area contributed by atoms with Crippen LogP contribution >= 0.6 is 19.2 Å². The third-order valence-electron chi connectivity index (χ3n) is 21.3. The fraction of sp³-hybridized carbons (Fsp3) is 0.689. The molecule has 832 valence electrons. The third-order valence-corrected chi connectivity index (χ3v) is 23.8. The van der Waals surface area contributed by atoms with Gasteiger partial charge in [0.25, 0.3) is 23.6 Å². The van der Waals surface area contributed by atoms with Crippen LogP contribution in [-0.4, -0.2) is 305 Å². The minimum absolute atomic E-state index is 0.0336. The van der Waals surface area contributed by atoms with Crippen molar-refractivity contribution >= 4 is 121 Å². The average molecular weight is 2120 g/mol. The van der Waals surface area contributed by atoms with Crippen molar-refractivity contribution in [3.8, 4) is 0 Å². The lowest BCUT2D eigenvalue weighted by Crippen LogP contribution is -2.41. The molecular weight excluding hydrogens is 1950 g/mol. The number of hydrogen-bond donors (Lipinski definition) is 3. The number of amides is 10. The second-order valence-electron chi connectivity index (χ2n) is 42.5. The van der Waals surface area contributed by atoms with Gasteiger partial charge in [-0.1, -0.05) is 69.4 Å². The second kappa shape index (κ2) is 67.9. The van der Waals surface area contributed by atoms with E-state index in [1.54, 1.807) is 124 Å². The molecule has 0 aromatic rings. The first kappa shape index (κ1) is 134. The molecule has 0 unspecified atom stereocenters. The zero-order valence-corrected chi connectivity index (χ0v) is 93.4. The van der Waals surface area contributed by atoms with Crippen LogP contribution in [0.25, 0.3) is 0 Å². The quantitative estimate of drug-likeness (QED) is 0.0206. The Labute approximate surface area is 876 Å². The standard InChI is InChI=1S/C18H26N2O4.C18H29NO6.C15H25NO4.C13H18N2O2.C13H21NO4.C11H19NO3.C8H17O5P.C5H9ClO.C5H7NO/c1-18(2,3)24-17(23)19-12-9-14(10-13-19)7-8-16(22)20-11-5-4-6-15(20)21;1-17(2,3)24-15(21)19-11-9-13(10-12-19)7-8-14(20)23-16(22)25-18(4,5)6;1-5-19-13(17)7-6-12-8-10-16(11-9-12)14(18)20-15(2,3)4;16-12-3-1-2-10-15(12)13(17)5-4-11-6-8-14-9-7-11;1-13(2,3)18-12(17)14-8-6-10(7-9-14)4-5-11(15)16;1-11(2,3)15-10(14)12-6-4-9(8-13)5-7-12;1-4-11-8(9)7-14(10,12-5-2)13-6-3;1-5(2,3)4(6)7;7-5-3-1-2-4-6-5/h4,6-8,14H,5,9-13H2,1-3H3;7-8,13H,9-12H2,1-6H3;6-7,12H,5,8-11H2,1-4H3;1,3-5,11,14H,2,6-10H2;4-5,10H,6-9H2,1-3H3,(H,15,16);8-9H,4-7H2,1-3H3;4-7H2,1-3H3;1-3H3;1,3H,2,4H2,(H,6,7)/b2*8-7+;7-6+;2*5-4+;;;;. The van der Waals surface area contributed by atoms with Crippen molar-refractivity contribution in [1.29, 1.82) is 0 Å². The zero-order chi connectivity index (χ0) is 112. The number of esters is 3. The molecule has 41 heteroatoms. The minimum Gasteiger partial charge on any atom is -0.478 e. The highest BCUT2D eigenvalue weighted by molar-refractivity contribution is 7.54. The van der Waals surface area contributed by atoms with E-state index in [4.69, 9.17) is 58.9 Å². The van der Waals surface area contributed by atoms with Gasteiger partial charge < -0.3 is 96.7 Å². The molecule has 39 nitrogen and oxygen atoms in total. The van der Waals surface area contributed by atoms with E-state index >= 15 is 0 Å². The Morgan fingerprint density at radius 1 is 0.381 bits per heavy atom. The molecule has 3 N–H and O–H groups in total. The van der Waals surface area contributed by atoms with Gasteiger partial charge in [0, 0.05) is 115 Å². The number of carboxylic acid groups (broad SMARTS) is 1. The highest BCUT2D eigenvalue weighted by atomic mass is 35.5. The van der Waals surface area contributed by atoms with E-state index < -0.39 is 65.3 Å². The Kier molecular flexibility index (Phi) is 62.0. The van der Waals surface area contributed by atoms with Crippen LogP contribution in [0.2, 0.25) is 0 Å². The van der Waals surface area contributed by atoms with Crippen molar-refractivity contribution in [2.75, 3.05) is 131 Å². The van der Waals surface area contributed by atoms with Crippen LogP contribution in [-0.2, 0) is 109 Å². The van der Waals surface area contributed by atoms with Gasteiger partial charge in [0.1, 0.15) is 46.1 Å². The van der Waals surface area contributed by atoms with Gasteiger partial charge in [-0.2, -0.15) is 0 Å². The number of carbonyl (C=O) groups excluding carboxylic acids is 16. The maximum atomic E-state index is 12.1. The second-order valence-corrected chi connectivity index (χ2v) is 44.9. The van der Waals surface area contributed by atoms with E-state index in [1.807, 2.05) is 134 Å². The molecule has 0 radical (unpaired) electrons. The van der Waals surface area contributed by atoms with Crippen molar-refractivity contribution in [3.63, 3.8) is 0 Å². The number of halogens is 1. The van der Waals surface area contributed by atoms with Gasteiger partial charge in [-0.15, -0.1) is 0 Å². The molecule has 0 aromatic carbocycles. The van der Waals surface area contributed by atoms with Crippen LogP contribution in [0, 0.1) is 40.9 Å². The van der Waals surface area contributed by atoms with Crippen molar-refractivity contribution in [2.24, 2.45) is 40.9 Å². The number of nitrogens with one attached hydrogen (secondary N) is 2. The summed E-state index contributed by atoms with van der Waals surface area (Å²) in [6.07, 6.45) is 36.6. The Morgan fingerprint density at radius 2 is 0.673 bits per heavy atom. The highest BCUT2D eigenvalue weighted by Crippen LogP contribution is 2.48.